The van der Waals surface area contributed by atoms with E-state index in [1.54, 1.807) is 6.92 Å². The first-order valence-electron chi connectivity index (χ1n) is 9.04. The van der Waals surface area contributed by atoms with Crippen LogP contribution in [0.3, 0.4) is 0 Å². The molecule has 2 rings (SSSR count). The first kappa shape index (κ1) is 24.0. The molecule has 0 aliphatic rings. The van der Waals surface area contributed by atoms with Crippen LogP contribution in [-0.4, -0.2) is 36.4 Å². The molecule has 0 aromatic heterocycles. The van der Waals surface area contributed by atoms with Gasteiger partial charge in [-0.3, -0.25) is 9.59 Å². The molecule has 0 atom stereocenters. The Labute approximate surface area is 173 Å². The Morgan fingerprint density at radius 3 is 2.42 bits per heavy atom. The summed E-state index contributed by atoms with van der Waals surface area (Å²) in [6.07, 6.45) is -4.15. The van der Waals surface area contributed by atoms with Crippen molar-refractivity contribution in [3.05, 3.63) is 59.4 Å². The van der Waals surface area contributed by atoms with E-state index in [-0.39, 0.29) is 12.3 Å². The first-order chi connectivity index (χ1) is 14.5. The Morgan fingerprint density at radius 2 is 1.77 bits per heavy atom. The second-order valence-corrected chi connectivity index (χ2v) is 6.40. The van der Waals surface area contributed by atoms with Crippen LogP contribution >= 0.6 is 0 Å². The molecule has 2 aromatic rings. The highest BCUT2D eigenvalue weighted by atomic mass is 19.4. The smallest absolute Gasteiger partial charge is 0.416 e. The van der Waals surface area contributed by atoms with Gasteiger partial charge < -0.3 is 15.0 Å². The van der Waals surface area contributed by atoms with Crippen molar-refractivity contribution in [3.63, 3.8) is 0 Å². The summed E-state index contributed by atoms with van der Waals surface area (Å²) in [6, 6.07) is 5.40. The minimum atomic E-state index is -4.58. The molecule has 5 nitrogen and oxygen atoms in total. The van der Waals surface area contributed by atoms with E-state index in [1.807, 2.05) is 5.32 Å². The number of nitrogens with zero attached hydrogens (tertiary/aromatic N) is 1. The fourth-order valence-corrected chi connectivity index (χ4v) is 2.55. The standard InChI is InChI=1S/C20H18F6N2O3/c1-2-8-28(10-16(29)27-15-7-6-14(21)18(22)19(15)23)17(30)11-31-13-5-3-4-12(9-13)20(24,25)26/h3-7,9H,2,8,10-11H2,1H3,(H,27,29). The van der Waals surface area contributed by atoms with Crippen LogP contribution in [-0.2, 0) is 15.8 Å². The van der Waals surface area contributed by atoms with Gasteiger partial charge in [0.15, 0.2) is 24.1 Å². The van der Waals surface area contributed by atoms with Gasteiger partial charge >= 0.3 is 6.18 Å². The zero-order valence-electron chi connectivity index (χ0n) is 16.2. The number of carbonyl (C=O) groups is 2. The lowest BCUT2D eigenvalue weighted by Gasteiger charge is -2.22. The highest BCUT2D eigenvalue weighted by Crippen LogP contribution is 2.31. The predicted octanol–water partition coefficient (Wildman–Crippen LogP) is 4.38. The Kier molecular flexibility index (Phi) is 7.89. The number of hydrogen-bond donors (Lipinski definition) is 1. The highest BCUT2D eigenvalue weighted by Gasteiger charge is 2.30. The number of rotatable bonds is 8. The van der Waals surface area contributed by atoms with E-state index in [9.17, 15) is 35.9 Å². The van der Waals surface area contributed by atoms with Gasteiger partial charge in [-0.15, -0.1) is 0 Å². The molecule has 0 saturated heterocycles. The monoisotopic (exact) mass is 448 g/mol. The predicted molar refractivity (Wildman–Crippen MR) is 98.8 cm³/mol. The molecule has 2 aromatic carbocycles. The van der Waals surface area contributed by atoms with Crippen molar-refractivity contribution in [2.24, 2.45) is 0 Å². The van der Waals surface area contributed by atoms with Crippen LogP contribution in [0.25, 0.3) is 0 Å². The van der Waals surface area contributed by atoms with E-state index >= 15 is 0 Å². The zero-order valence-corrected chi connectivity index (χ0v) is 16.2. The first-order valence-corrected chi connectivity index (χ1v) is 9.04. The number of hydrogen-bond acceptors (Lipinski definition) is 3. The Bertz CT molecular complexity index is 949. The summed E-state index contributed by atoms with van der Waals surface area (Å²) in [5, 5.41) is 2.04. The zero-order chi connectivity index (χ0) is 23.2. The lowest BCUT2D eigenvalue weighted by molar-refractivity contribution is -0.137. The van der Waals surface area contributed by atoms with E-state index in [4.69, 9.17) is 4.74 Å². The van der Waals surface area contributed by atoms with Gasteiger partial charge in [0.05, 0.1) is 17.8 Å². The molecule has 11 heteroatoms. The van der Waals surface area contributed by atoms with Crippen LogP contribution < -0.4 is 10.1 Å². The number of alkyl halides is 3. The summed E-state index contributed by atoms with van der Waals surface area (Å²) >= 11 is 0. The summed E-state index contributed by atoms with van der Waals surface area (Å²) < 4.78 is 83.3. The van der Waals surface area contributed by atoms with Gasteiger partial charge in [-0.1, -0.05) is 13.0 Å². The van der Waals surface area contributed by atoms with Crippen molar-refractivity contribution in [2.75, 3.05) is 25.0 Å². The number of carbonyl (C=O) groups excluding carboxylic acids is 2. The summed E-state index contributed by atoms with van der Waals surface area (Å²) in [7, 11) is 0. The minimum Gasteiger partial charge on any atom is -0.484 e. The molecular weight excluding hydrogens is 430 g/mol. The second kappa shape index (κ2) is 10.2. The molecule has 31 heavy (non-hydrogen) atoms. The van der Waals surface area contributed by atoms with Gasteiger partial charge in [-0.25, -0.2) is 13.2 Å². The van der Waals surface area contributed by atoms with Gasteiger partial charge in [0.2, 0.25) is 5.91 Å². The van der Waals surface area contributed by atoms with Gasteiger partial charge in [-0.2, -0.15) is 13.2 Å². The Morgan fingerprint density at radius 1 is 1.06 bits per heavy atom. The van der Waals surface area contributed by atoms with Crippen LogP contribution in [0.15, 0.2) is 36.4 Å². The van der Waals surface area contributed by atoms with Gasteiger partial charge in [0.1, 0.15) is 5.75 Å². The molecule has 0 aliphatic heterocycles. The largest absolute Gasteiger partial charge is 0.484 e. The van der Waals surface area contributed by atoms with E-state index < -0.39 is 59.8 Å². The average molecular weight is 448 g/mol. The van der Waals surface area contributed by atoms with Crippen LogP contribution in [0.5, 0.6) is 5.75 Å². The molecule has 0 fully saturated rings. The van der Waals surface area contributed by atoms with Crippen molar-refractivity contribution >= 4 is 17.5 Å². The summed E-state index contributed by atoms with van der Waals surface area (Å²) in [4.78, 5) is 25.5. The Hall–Kier alpha value is -3.24. The van der Waals surface area contributed by atoms with Crippen molar-refractivity contribution < 1.29 is 40.7 Å². The van der Waals surface area contributed by atoms with E-state index in [2.05, 4.69) is 0 Å². The third-order valence-electron chi connectivity index (χ3n) is 4.01. The maximum atomic E-state index is 13.7. The van der Waals surface area contributed by atoms with Gasteiger partial charge in [-0.05, 0) is 36.8 Å². The maximum Gasteiger partial charge on any atom is 0.416 e. The fourth-order valence-electron chi connectivity index (χ4n) is 2.55. The Balaban J connectivity index is 2.01. The maximum absolute atomic E-state index is 13.7. The normalized spacial score (nSPS) is 11.2. The molecule has 0 unspecified atom stereocenters. The van der Waals surface area contributed by atoms with E-state index in [0.29, 0.717) is 12.5 Å². The quantitative estimate of drug-likeness (QED) is 0.482. The topological polar surface area (TPSA) is 58.6 Å². The van der Waals surface area contributed by atoms with Gasteiger partial charge in [0, 0.05) is 6.54 Å². The molecule has 1 N–H and O–H groups in total. The van der Waals surface area contributed by atoms with Crippen LogP contribution in [0.2, 0.25) is 0 Å². The van der Waals surface area contributed by atoms with Crippen molar-refractivity contribution in [2.45, 2.75) is 19.5 Å². The molecule has 0 spiro atoms. The van der Waals surface area contributed by atoms with Crippen molar-refractivity contribution in [1.29, 1.82) is 0 Å². The lowest BCUT2D eigenvalue weighted by Crippen LogP contribution is -2.41. The van der Waals surface area contributed by atoms with E-state index in [0.717, 1.165) is 29.2 Å². The van der Waals surface area contributed by atoms with Crippen molar-refractivity contribution in [1.82, 2.24) is 4.90 Å². The third kappa shape index (κ3) is 6.63. The number of halogens is 6. The minimum absolute atomic E-state index is 0.0957. The number of benzene rings is 2. The molecule has 0 radical (unpaired) electrons. The average Bonchev–Trinajstić information content (AvgIpc) is 2.71. The molecule has 0 aliphatic carbocycles. The fraction of sp³-hybridized carbons (Fsp3) is 0.300. The van der Waals surface area contributed by atoms with Crippen LogP contribution in [0.4, 0.5) is 32.0 Å². The molecule has 0 bridgehead atoms. The third-order valence-corrected chi connectivity index (χ3v) is 4.01. The van der Waals surface area contributed by atoms with Crippen molar-refractivity contribution in [3.8, 4) is 5.75 Å². The number of anilines is 1. The molecule has 2 amide bonds. The second-order valence-electron chi connectivity index (χ2n) is 6.40. The molecule has 168 valence electrons. The number of amides is 2. The van der Waals surface area contributed by atoms with E-state index in [1.165, 1.54) is 6.07 Å². The summed E-state index contributed by atoms with van der Waals surface area (Å²) in [5.74, 6) is -6.55. The SMILES string of the molecule is CCCN(CC(=O)Nc1ccc(F)c(F)c1F)C(=O)COc1cccc(C(F)(F)F)c1. The van der Waals surface area contributed by atoms with Gasteiger partial charge in [0.25, 0.3) is 5.91 Å². The summed E-state index contributed by atoms with van der Waals surface area (Å²) in [5.41, 5.74) is -1.55. The summed E-state index contributed by atoms with van der Waals surface area (Å²) in [6.45, 7) is 0.602. The number of ether oxygens (including phenoxy) is 1. The lowest BCUT2D eigenvalue weighted by atomic mass is 10.2. The highest BCUT2D eigenvalue weighted by molar-refractivity contribution is 5.94. The van der Waals surface area contributed by atoms with Crippen LogP contribution in [0, 0.1) is 17.5 Å². The van der Waals surface area contributed by atoms with Crippen LogP contribution in [0.1, 0.15) is 18.9 Å². The molecular formula is C20H18F6N2O3. The number of nitrogens with one attached hydrogen (secondary N) is 1. The molecule has 0 heterocycles. The molecule has 0 saturated carbocycles.